The minimum Gasteiger partial charge on any atom is -0.465 e. The van der Waals surface area contributed by atoms with Crippen LogP contribution < -0.4 is 0 Å². The Morgan fingerprint density at radius 3 is 2.81 bits per heavy atom. The summed E-state index contributed by atoms with van der Waals surface area (Å²) in [6.45, 7) is 0. The van der Waals surface area contributed by atoms with Gasteiger partial charge in [-0.2, -0.15) is 0 Å². The first-order valence-corrected chi connectivity index (χ1v) is 5.62. The molecule has 0 spiro atoms. The summed E-state index contributed by atoms with van der Waals surface area (Å²) in [5, 5.41) is 9.33. The molecule has 1 fully saturated rings. The minimum atomic E-state index is -1.18. The highest BCUT2D eigenvalue weighted by Crippen LogP contribution is 2.25. The molecule has 1 aromatic heterocycles. The number of aromatic nitrogens is 2. The number of hydrogen-bond donors (Lipinski definition) is 1. The summed E-state index contributed by atoms with van der Waals surface area (Å²) < 4.78 is 0. The number of imide groups is 1. The maximum Gasteiger partial charge on any atom is 0.414 e. The third-order valence-corrected chi connectivity index (χ3v) is 3.22. The lowest BCUT2D eigenvalue weighted by molar-refractivity contribution is -0.140. The molecule has 16 heavy (non-hydrogen) atoms. The molecule has 0 saturated carbocycles. The van der Waals surface area contributed by atoms with Crippen LogP contribution in [0, 0.1) is 0 Å². The van der Waals surface area contributed by atoms with Crippen LogP contribution in [0.3, 0.4) is 0 Å². The largest absolute Gasteiger partial charge is 0.465 e. The van der Waals surface area contributed by atoms with Crippen molar-refractivity contribution in [2.24, 2.45) is 0 Å². The Balaban J connectivity index is 1.88. The van der Waals surface area contributed by atoms with Crippen LogP contribution in [0.4, 0.5) is 4.79 Å². The Morgan fingerprint density at radius 1 is 1.56 bits per heavy atom. The number of hydrogen-bond acceptors (Lipinski definition) is 5. The molecule has 1 aromatic rings. The Morgan fingerprint density at radius 2 is 2.25 bits per heavy atom. The van der Waals surface area contributed by atoms with E-state index >= 15 is 0 Å². The number of thioether (sulfide) groups is 1. The van der Waals surface area contributed by atoms with Crippen molar-refractivity contribution in [1.82, 2.24) is 14.9 Å². The monoisotopic (exact) mass is 239 g/mol. The predicted octanol–water partition coefficient (Wildman–Crippen LogP) is 0.848. The molecule has 1 N–H and O–H groups in total. The SMILES string of the molecule is O=C(O)N1C(=O)C[C@@H]1CSc1ncccn1. The first kappa shape index (κ1) is 10.9. The molecule has 1 saturated heterocycles. The van der Waals surface area contributed by atoms with E-state index < -0.39 is 6.09 Å². The quantitative estimate of drug-likeness (QED) is 0.478. The maximum absolute atomic E-state index is 11.0. The van der Waals surface area contributed by atoms with Crippen LogP contribution in [-0.4, -0.2) is 43.8 Å². The number of carbonyl (C=O) groups is 2. The standard InChI is InChI=1S/C9H9N3O3S/c13-7-4-6(12(7)9(14)15)5-16-8-10-2-1-3-11-8/h1-3,6H,4-5H2,(H,14,15)/t6-/m1/s1. The lowest BCUT2D eigenvalue weighted by Crippen LogP contribution is -2.56. The normalized spacial score (nSPS) is 19.4. The van der Waals surface area contributed by atoms with Gasteiger partial charge in [-0.05, 0) is 6.07 Å². The number of amides is 2. The lowest BCUT2D eigenvalue weighted by atomic mass is 10.1. The Labute approximate surface area is 95.7 Å². The van der Waals surface area contributed by atoms with Gasteiger partial charge in [0.25, 0.3) is 0 Å². The van der Waals surface area contributed by atoms with Crippen molar-refractivity contribution in [1.29, 1.82) is 0 Å². The van der Waals surface area contributed by atoms with Gasteiger partial charge in [-0.3, -0.25) is 4.79 Å². The maximum atomic E-state index is 11.0. The molecular formula is C9H9N3O3S. The second-order valence-electron chi connectivity index (χ2n) is 3.25. The fourth-order valence-electron chi connectivity index (χ4n) is 1.41. The van der Waals surface area contributed by atoms with Crippen molar-refractivity contribution in [3.8, 4) is 0 Å². The molecular weight excluding hydrogens is 230 g/mol. The lowest BCUT2D eigenvalue weighted by Gasteiger charge is -2.35. The molecule has 2 amide bonds. The Hall–Kier alpha value is -1.63. The zero-order valence-corrected chi connectivity index (χ0v) is 9.05. The van der Waals surface area contributed by atoms with Crippen LogP contribution in [0.15, 0.2) is 23.6 Å². The fourth-order valence-corrected chi connectivity index (χ4v) is 2.29. The summed E-state index contributed by atoms with van der Waals surface area (Å²) in [6, 6.07) is 1.46. The summed E-state index contributed by atoms with van der Waals surface area (Å²) in [5.74, 6) is 0.161. The Kier molecular flexibility index (Phi) is 3.04. The average Bonchev–Trinajstić information content (AvgIpc) is 2.24. The van der Waals surface area contributed by atoms with Crippen LogP contribution in [-0.2, 0) is 4.79 Å². The van der Waals surface area contributed by atoms with Gasteiger partial charge in [-0.25, -0.2) is 19.7 Å². The molecule has 0 aliphatic carbocycles. The van der Waals surface area contributed by atoms with Gasteiger partial charge in [0.1, 0.15) is 0 Å². The summed E-state index contributed by atoms with van der Waals surface area (Å²) in [5.41, 5.74) is 0. The second-order valence-corrected chi connectivity index (χ2v) is 4.23. The van der Waals surface area contributed by atoms with E-state index in [4.69, 9.17) is 5.11 Å². The van der Waals surface area contributed by atoms with Gasteiger partial charge >= 0.3 is 6.09 Å². The molecule has 2 rings (SSSR count). The Bertz CT molecular complexity index is 404. The molecule has 84 valence electrons. The highest BCUT2D eigenvalue weighted by molar-refractivity contribution is 7.99. The zero-order valence-electron chi connectivity index (χ0n) is 8.24. The van der Waals surface area contributed by atoms with E-state index in [0.29, 0.717) is 10.9 Å². The van der Waals surface area contributed by atoms with Crippen molar-refractivity contribution in [3.05, 3.63) is 18.5 Å². The van der Waals surface area contributed by atoms with Gasteiger partial charge in [-0.1, -0.05) is 11.8 Å². The van der Waals surface area contributed by atoms with Gasteiger partial charge in [0.2, 0.25) is 5.91 Å². The van der Waals surface area contributed by atoms with E-state index in [0.717, 1.165) is 4.90 Å². The van der Waals surface area contributed by atoms with Crippen LogP contribution in [0.5, 0.6) is 0 Å². The number of nitrogens with zero attached hydrogens (tertiary/aromatic N) is 3. The molecule has 0 unspecified atom stereocenters. The van der Waals surface area contributed by atoms with E-state index in [1.54, 1.807) is 18.5 Å². The van der Waals surface area contributed by atoms with Gasteiger partial charge in [0, 0.05) is 24.6 Å². The molecule has 1 aliphatic heterocycles. The van der Waals surface area contributed by atoms with Gasteiger partial charge in [-0.15, -0.1) is 0 Å². The fraction of sp³-hybridized carbons (Fsp3) is 0.333. The topological polar surface area (TPSA) is 83.4 Å². The third kappa shape index (κ3) is 2.13. The molecule has 0 bridgehead atoms. The number of rotatable bonds is 3. The highest BCUT2D eigenvalue weighted by atomic mass is 32.2. The summed E-state index contributed by atoms with van der Waals surface area (Å²) in [4.78, 5) is 30.5. The minimum absolute atomic E-state index is 0.251. The summed E-state index contributed by atoms with van der Waals surface area (Å²) in [7, 11) is 0. The van der Waals surface area contributed by atoms with E-state index in [1.807, 2.05) is 0 Å². The van der Waals surface area contributed by atoms with Crippen molar-refractivity contribution in [3.63, 3.8) is 0 Å². The summed E-state index contributed by atoms with van der Waals surface area (Å²) in [6.07, 6.45) is 2.34. The number of carbonyl (C=O) groups excluding carboxylic acids is 1. The van der Waals surface area contributed by atoms with Gasteiger partial charge < -0.3 is 5.11 Å². The second kappa shape index (κ2) is 4.48. The third-order valence-electron chi connectivity index (χ3n) is 2.20. The van der Waals surface area contributed by atoms with Gasteiger partial charge in [0.05, 0.1) is 6.04 Å². The molecule has 7 heteroatoms. The molecule has 1 aliphatic rings. The van der Waals surface area contributed by atoms with Crippen molar-refractivity contribution in [2.75, 3.05) is 5.75 Å². The molecule has 2 heterocycles. The van der Waals surface area contributed by atoms with Crippen molar-refractivity contribution in [2.45, 2.75) is 17.6 Å². The van der Waals surface area contributed by atoms with Crippen molar-refractivity contribution < 1.29 is 14.7 Å². The molecule has 0 radical (unpaired) electrons. The summed E-state index contributed by atoms with van der Waals surface area (Å²) >= 11 is 1.35. The zero-order chi connectivity index (χ0) is 11.5. The smallest absolute Gasteiger partial charge is 0.414 e. The van der Waals surface area contributed by atoms with E-state index in [1.165, 1.54) is 11.8 Å². The van der Waals surface area contributed by atoms with Crippen molar-refractivity contribution >= 4 is 23.8 Å². The first-order valence-electron chi connectivity index (χ1n) is 4.63. The van der Waals surface area contributed by atoms with E-state index in [2.05, 4.69) is 9.97 Å². The molecule has 0 aromatic carbocycles. The van der Waals surface area contributed by atoms with Crippen LogP contribution in [0.1, 0.15) is 6.42 Å². The number of β-lactam (4-membered cyclic amide) rings is 1. The predicted molar refractivity (Wildman–Crippen MR) is 56.0 cm³/mol. The average molecular weight is 239 g/mol. The van der Waals surface area contributed by atoms with Crippen LogP contribution in [0.25, 0.3) is 0 Å². The van der Waals surface area contributed by atoms with Gasteiger partial charge in [0.15, 0.2) is 5.16 Å². The number of likely N-dealkylation sites (tertiary alicyclic amines) is 1. The molecule has 6 nitrogen and oxygen atoms in total. The van der Waals surface area contributed by atoms with E-state index in [-0.39, 0.29) is 18.4 Å². The van der Waals surface area contributed by atoms with Crippen LogP contribution >= 0.6 is 11.8 Å². The number of carboxylic acid groups (broad SMARTS) is 1. The molecule has 1 atom stereocenters. The highest BCUT2D eigenvalue weighted by Gasteiger charge is 2.40. The first-order chi connectivity index (χ1) is 7.68. The van der Waals surface area contributed by atoms with E-state index in [9.17, 15) is 9.59 Å². The van der Waals surface area contributed by atoms with Crippen LogP contribution in [0.2, 0.25) is 0 Å².